The number of nitrogens with one attached hydrogen (secondary N) is 2. The fourth-order valence-corrected chi connectivity index (χ4v) is 1.70. The van der Waals surface area contributed by atoms with Crippen LogP contribution in [-0.4, -0.2) is 34.3 Å². The molecule has 102 valence electrons. The van der Waals surface area contributed by atoms with Gasteiger partial charge in [-0.05, 0) is 26.2 Å². The highest BCUT2D eigenvalue weighted by molar-refractivity contribution is 5.42. The number of hydrogen-bond donors (Lipinski definition) is 3. The molecule has 3 N–H and O–H groups in total. The van der Waals surface area contributed by atoms with Crippen LogP contribution in [0, 0.1) is 6.92 Å². The number of anilines is 2. The third-order valence-corrected chi connectivity index (χ3v) is 2.71. The third-order valence-electron chi connectivity index (χ3n) is 2.71. The van der Waals surface area contributed by atoms with Crippen LogP contribution in [0.15, 0.2) is 6.07 Å². The second kappa shape index (κ2) is 7.87. The molecule has 1 rings (SSSR count). The molecule has 1 unspecified atom stereocenters. The van der Waals surface area contributed by atoms with Crippen LogP contribution in [0.3, 0.4) is 0 Å². The highest BCUT2D eigenvalue weighted by Gasteiger charge is 2.08. The molecule has 0 spiro atoms. The zero-order chi connectivity index (χ0) is 13.4. The molecule has 1 aromatic heterocycles. The Bertz CT molecular complexity index is 357. The molecule has 0 radical (unpaired) electrons. The van der Waals surface area contributed by atoms with Crippen molar-refractivity contribution in [1.82, 2.24) is 9.97 Å². The maximum absolute atomic E-state index is 8.99. The molecule has 1 aromatic rings. The Morgan fingerprint density at radius 3 is 2.72 bits per heavy atom. The summed E-state index contributed by atoms with van der Waals surface area (Å²) >= 11 is 0. The fraction of sp³-hybridized carbons (Fsp3) is 0.692. The number of aryl methyl sites for hydroxylation is 1. The molecule has 0 amide bonds. The number of aliphatic hydroxyl groups is 1. The Balaban J connectivity index is 2.71. The molecule has 5 heteroatoms. The Kier molecular flexibility index (Phi) is 6.43. The van der Waals surface area contributed by atoms with Gasteiger partial charge in [0.15, 0.2) is 0 Å². The predicted molar refractivity (Wildman–Crippen MR) is 75.0 cm³/mol. The maximum Gasteiger partial charge on any atom is 0.224 e. The van der Waals surface area contributed by atoms with E-state index in [0.29, 0.717) is 5.95 Å². The van der Waals surface area contributed by atoms with E-state index < -0.39 is 0 Å². The van der Waals surface area contributed by atoms with Gasteiger partial charge in [0.1, 0.15) is 5.82 Å². The van der Waals surface area contributed by atoms with Crippen molar-refractivity contribution in [1.29, 1.82) is 0 Å². The summed E-state index contributed by atoms with van der Waals surface area (Å²) < 4.78 is 0. The molecule has 0 aliphatic rings. The van der Waals surface area contributed by atoms with Gasteiger partial charge in [-0.3, -0.25) is 0 Å². The van der Waals surface area contributed by atoms with Crippen LogP contribution in [-0.2, 0) is 0 Å². The van der Waals surface area contributed by atoms with Crippen LogP contribution in [0.2, 0.25) is 0 Å². The summed E-state index contributed by atoms with van der Waals surface area (Å²) in [7, 11) is 0. The molecule has 1 heterocycles. The lowest BCUT2D eigenvalue weighted by molar-refractivity contribution is 0.278. The van der Waals surface area contributed by atoms with Crippen LogP contribution in [0.1, 0.15) is 38.8 Å². The molecule has 1 atom stereocenters. The normalized spacial score (nSPS) is 12.2. The van der Waals surface area contributed by atoms with E-state index in [9.17, 15) is 0 Å². The monoisotopic (exact) mass is 252 g/mol. The molecular weight excluding hydrogens is 228 g/mol. The topological polar surface area (TPSA) is 70.1 Å². The minimum atomic E-state index is 0.191. The van der Waals surface area contributed by atoms with E-state index in [1.54, 1.807) is 0 Å². The Morgan fingerprint density at radius 1 is 1.33 bits per heavy atom. The minimum Gasteiger partial charge on any atom is -0.396 e. The standard InChI is InChI=1S/C13H24N4O/c1-4-7-14-13-15-10(3)9-12(17-13)16-11(5-2)6-8-18/h9,11,18H,4-8H2,1-3H3,(H2,14,15,16,17). The maximum atomic E-state index is 8.99. The average Bonchev–Trinajstić information content (AvgIpc) is 2.35. The number of aliphatic hydroxyl groups excluding tert-OH is 1. The summed E-state index contributed by atoms with van der Waals surface area (Å²) in [5.41, 5.74) is 0.935. The van der Waals surface area contributed by atoms with Crippen LogP contribution in [0.4, 0.5) is 11.8 Å². The van der Waals surface area contributed by atoms with E-state index >= 15 is 0 Å². The first kappa shape index (κ1) is 14.7. The van der Waals surface area contributed by atoms with E-state index in [-0.39, 0.29) is 12.6 Å². The molecule has 0 aliphatic heterocycles. The van der Waals surface area contributed by atoms with Gasteiger partial charge in [-0.15, -0.1) is 0 Å². The van der Waals surface area contributed by atoms with Gasteiger partial charge in [0.25, 0.3) is 0 Å². The van der Waals surface area contributed by atoms with Crippen LogP contribution >= 0.6 is 0 Å². The zero-order valence-electron chi connectivity index (χ0n) is 11.5. The Morgan fingerprint density at radius 2 is 2.11 bits per heavy atom. The lowest BCUT2D eigenvalue weighted by atomic mass is 10.1. The highest BCUT2D eigenvalue weighted by atomic mass is 16.3. The van der Waals surface area contributed by atoms with Gasteiger partial charge in [-0.2, -0.15) is 4.98 Å². The predicted octanol–water partition coefficient (Wildman–Crippen LogP) is 2.18. The molecule has 5 nitrogen and oxygen atoms in total. The molecular formula is C13H24N4O. The van der Waals surface area contributed by atoms with Gasteiger partial charge in [0.05, 0.1) is 0 Å². The first-order chi connectivity index (χ1) is 8.69. The summed E-state index contributed by atoms with van der Waals surface area (Å²) in [6.07, 6.45) is 2.74. The first-order valence-corrected chi connectivity index (χ1v) is 6.66. The van der Waals surface area contributed by atoms with Crippen LogP contribution < -0.4 is 10.6 Å². The average molecular weight is 252 g/mol. The molecule has 0 bridgehead atoms. The van der Waals surface area contributed by atoms with Crippen LogP contribution in [0.5, 0.6) is 0 Å². The number of nitrogens with zero attached hydrogens (tertiary/aromatic N) is 2. The molecule has 18 heavy (non-hydrogen) atoms. The third kappa shape index (κ3) is 4.87. The summed E-state index contributed by atoms with van der Waals surface area (Å²) in [5, 5.41) is 15.5. The van der Waals surface area contributed by atoms with Gasteiger partial charge in [0.2, 0.25) is 5.95 Å². The zero-order valence-corrected chi connectivity index (χ0v) is 11.5. The van der Waals surface area contributed by atoms with Gasteiger partial charge in [-0.1, -0.05) is 13.8 Å². The minimum absolute atomic E-state index is 0.191. The first-order valence-electron chi connectivity index (χ1n) is 6.66. The number of rotatable bonds is 8. The molecule has 0 fully saturated rings. The van der Waals surface area contributed by atoms with Gasteiger partial charge in [-0.25, -0.2) is 4.98 Å². The van der Waals surface area contributed by atoms with Crippen molar-refractivity contribution in [3.8, 4) is 0 Å². The highest BCUT2D eigenvalue weighted by Crippen LogP contribution is 2.13. The molecule has 0 saturated carbocycles. The fourth-order valence-electron chi connectivity index (χ4n) is 1.70. The van der Waals surface area contributed by atoms with Crippen molar-refractivity contribution in [3.63, 3.8) is 0 Å². The van der Waals surface area contributed by atoms with Gasteiger partial charge < -0.3 is 15.7 Å². The van der Waals surface area contributed by atoms with E-state index in [0.717, 1.165) is 37.3 Å². The molecule has 0 aliphatic carbocycles. The largest absolute Gasteiger partial charge is 0.396 e. The van der Waals surface area contributed by atoms with Crippen molar-refractivity contribution in [2.45, 2.75) is 46.1 Å². The summed E-state index contributed by atoms with van der Waals surface area (Å²) in [6, 6.07) is 2.18. The SMILES string of the molecule is CCCNc1nc(C)cc(NC(CC)CCO)n1. The van der Waals surface area contributed by atoms with Crippen molar-refractivity contribution >= 4 is 11.8 Å². The molecule has 0 saturated heterocycles. The number of hydrogen-bond acceptors (Lipinski definition) is 5. The van der Waals surface area contributed by atoms with Gasteiger partial charge >= 0.3 is 0 Å². The number of aromatic nitrogens is 2. The second-order valence-electron chi connectivity index (χ2n) is 4.41. The van der Waals surface area contributed by atoms with E-state index in [1.807, 2.05) is 13.0 Å². The van der Waals surface area contributed by atoms with Crippen molar-refractivity contribution < 1.29 is 5.11 Å². The quantitative estimate of drug-likeness (QED) is 0.661. The summed E-state index contributed by atoms with van der Waals surface area (Å²) in [6.45, 7) is 7.22. The van der Waals surface area contributed by atoms with Crippen molar-refractivity contribution in [3.05, 3.63) is 11.8 Å². The van der Waals surface area contributed by atoms with Crippen molar-refractivity contribution in [2.75, 3.05) is 23.8 Å². The lowest BCUT2D eigenvalue weighted by Crippen LogP contribution is -2.21. The summed E-state index contributed by atoms with van der Waals surface area (Å²) in [4.78, 5) is 8.76. The summed E-state index contributed by atoms with van der Waals surface area (Å²) in [5.74, 6) is 1.49. The van der Waals surface area contributed by atoms with Crippen LogP contribution in [0.25, 0.3) is 0 Å². The van der Waals surface area contributed by atoms with Crippen molar-refractivity contribution in [2.24, 2.45) is 0 Å². The second-order valence-corrected chi connectivity index (χ2v) is 4.41. The van der Waals surface area contributed by atoms with Gasteiger partial charge in [0, 0.05) is 31.0 Å². The van der Waals surface area contributed by atoms with E-state index in [1.165, 1.54) is 0 Å². The van der Waals surface area contributed by atoms with E-state index in [4.69, 9.17) is 5.11 Å². The molecule has 0 aromatic carbocycles. The Labute approximate surface area is 109 Å². The van der Waals surface area contributed by atoms with E-state index in [2.05, 4.69) is 34.4 Å². The Hall–Kier alpha value is -1.36. The lowest BCUT2D eigenvalue weighted by Gasteiger charge is -2.17. The smallest absolute Gasteiger partial charge is 0.224 e.